The van der Waals surface area contributed by atoms with Crippen LogP contribution in [-0.2, 0) is 14.4 Å². The summed E-state index contributed by atoms with van der Waals surface area (Å²) in [5.41, 5.74) is 0. The highest BCUT2D eigenvalue weighted by Gasteiger charge is 2.31. The molecular formula is C10H14NO6P. The summed E-state index contributed by atoms with van der Waals surface area (Å²) in [4.78, 5) is 47.8. The van der Waals surface area contributed by atoms with Gasteiger partial charge in [0.2, 0.25) is 6.08 Å². The van der Waals surface area contributed by atoms with Crippen LogP contribution < -0.4 is 4.89 Å². The van der Waals surface area contributed by atoms with E-state index in [1.807, 2.05) is 0 Å². The maximum absolute atomic E-state index is 11.9. The summed E-state index contributed by atoms with van der Waals surface area (Å²) in [6.07, 6.45) is -0.497. The molecule has 0 aliphatic carbocycles. The standard InChI is InChI=1S/C10H14NO6P/c1-6(14)9(11-5-13)10(7(2)15)18(17)4-8(16)3-12/h8-9,12,16H,3-4H2,1-2H3. The normalized spacial score (nSPS) is 15.2. The number of Topliss-reactive ketones (excluding diaryl/α,β-unsaturated/α-hetero) is 2. The Balaban J connectivity index is 5.51. The summed E-state index contributed by atoms with van der Waals surface area (Å²) in [5, 5.41) is 17.4. The van der Waals surface area contributed by atoms with E-state index < -0.39 is 38.1 Å². The summed E-state index contributed by atoms with van der Waals surface area (Å²) in [7, 11) is -2.40. The Morgan fingerprint density at radius 1 is 1.44 bits per heavy atom. The Morgan fingerprint density at radius 2 is 2.00 bits per heavy atom. The molecule has 0 aromatic heterocycles. The molecule has 0 bridgehead atoms. The monoisotopic (exact) mass is 275 g/mol. The van der Waals surface area contributed by atoms with Crippen LogP contribution in [0, 0.1) is 0 Å². The molecule has 8 heteroatoms. The van der Waals surface area contributed by atoms with Crippen molar-refractivity contribution in [1.29, 1.82) is 0 Å². The van der Waals surface area contributed by atoms with Crippen molar-refractivity contribution < 1.29 is 29.5 Å². The molecule has 0 radical (unpaired) electrons. The van der Waals surface area contributed by atoms with Gasteiger partial charge < -0.3 is 15.1 Å². The van der Waals surface area contributed by atoms with Gasteiger partial charge in [-0.2, -0.15) is 4.99 Å². The third-order valence-corrected chi connectivity index (χ3v) is 3.89. The van der Waals surface area contributed by atoms with Gasteiger partial charge in [0.15, 0.2) is 22.9 Å². The second kappa shape index (κ2) is 7.97. The van der Waals surface area contributed by atoms with Crippen LogP contribution in [0.3, 0.4) is 0 Å². The predicted molar refractivity (Wildman–Crippen MR) is 63.2 cm³/mol. The second-order valence-electron chi connectivity index (χ2n) is 3.57. The number of hydrogen-bond donors (Lipinski definition) is 2. The zero-order valence-electron chi connectivity index (χ0n) is 9.99. The summed E-state index contributed by atoms with van der Waals surface area (Å²) in [6, 6.07) is -1.44. The average Bonchev–Trinajstić information content (AvgIpc) is 2.27. The highest BCUT2D eigenvalue weighted by molar-refractivity contribution is 7.54. The van der Waals surface area contributed by atoms with Crippen molar-refractivity contribution in [1.82, 2.24) is 0 Å². The highest BCUT2D eigenvalue weighted by atomic mass is 31.1. The molecule has 18 heavy (non-hydrogen) atoms. The average molecular weight is 275 g/mol. The third kappa shape index (κ3) is 4.96. The molecule has 0 rings (SSSR count). The molecule has 0 heterocycles. The first-order valence-electron chi connectivity index (χ1n) is 5.03. The lowest BCUT2D eigenvalue weighted by Gasteiger charge is -2.11. The number of aliphatic hydroxyl groups excluding tert-OH is 2. The van der Waals surface area contributed by atoms with Crippen LogP contribution in [-0.4, -0.2) is 58.1 Å². The van der Waals surface area contributed by atoms with Crippen molar-refractivity contribution >= 4 is 30.7 Å². The van der Waals surface area contributed by atoms with Crippen molar-refractivity contribution in [3.05, 3.63) is 0 Å². The second-order valence-corrected chi connectivity index (χ2v) is 5.18. The first-order chi connectivity index (χ1) is 8.34. The number of ketones is 2. The Kier molecular flexibility index (Phi) is 7.43. The zero-order chi connectivity index (χ0) is 14.3. The fraction of sp³-hybridized carbons (Fsp3) is 0.600. The van der Waals surface area contributed by atoms with E-state index in [1.165, 1.54) is 0 Å². The third-order valence-electron chi connectivity index (χ3n) is 2.04. The van der Waals surface area contributed by atoms with E-state index in [2.05, 4.69) is 4.99 Å². The number of isocyanates is 1. The van der Waals surface area contributed by atoms with Gasteiger partial charge in [0.05, 0.1) is 14.4 Å². The number of carbonyl (C=O) groups excluding carboxylic acids is 3. The fourth-order valence-electron chi connectivity index (χ4n) is 1.25. The lowest BCUT2D eigenvalue weighted by molar-refractivity contribution is -0.154. The molecule has 100 valence electrons. The SMILES string of the molecule is CC(=O)/C(C(N=C=O)C(C)=O)=[P+](/[O-])CC(O)CO. The van der Waals surface area contributed by atoms with Crippen molar-refractivity contribution in [2.75, 3.05) is 12.8 Å². The maximum Gasteiger partial charge on any atom is 0.236 e. The lowest BCUT2D eigenvalue weighted by Crippen LogP contribution is -2.33. The molecule has 3 atom stereocenters. The van der Waals surface area contributed by atoms with Crippen molar-refractivity contribution in [2.24, 2.45) is 4.99 Å². The van der Waals surface area contributed by atoms with E-state index in [9.17, 15) is 19.3 Å². The van der Waals surface area contributed by atoms with Gasteiger partial charge >= 0.3 is 0 Å². The molecule has 0 saturated heterocycles. The Bertz CT molecular complexity index is 411. The molecule has 0 fully saturated rings. The number of carbonyl (C=O) groups is 2. The van der Waals surface area contributed by atoms with Gasteiger partial charge in [-0.3, -0.25) is 9.59 Å². The molecule has 0 amide bonds. The molecule has 0 saturated carbocycles. The van der Waals surface area contributed by atoms with Gasteiger partial charge in [-0.25, -0.2) is 4.79 Å². The van der Waals surface area contributed by atoms with E-state index in [4.69, 9.17) is 10.2 Å². The van der Waals surface area contributed by atoms with Gasteiger partial charge in [0, 0.05) is 6.92 Å². The van der Waals surface area contributed by atoms with Crippen LogP contribution in [0.4, 0.5) is 0 Å². The van der Waals surface area contributed by atoms with Crippen LogP contribution in [0.1, 0.15) is 13.8 Å². The molecule has 0 spiro atoms. The largest absolute Gasteiger partial charge is 0.630 e. The van der Waals surface area contributed by atoms with Crippen LogP contribution in [0.5, 0.6) is 0 Å². The number of hydrogen-bond acceptors (Lipinski definition) is 7. The molecule has 0 aromatic rings. The summed E-state index contributed by atoms with van der Waals surface area (Å²) in [5.74, 6) is -1.27. The molecular weight excluding hydrogens is 261 g/mol. The van der Waals surface area contributed by atoms with Gasteiger partial charge in [-0.1, -0.05) is 0 Å². The maximum atomic E-state index is 11.9. The minimum absolute atomic E-state index is 0.339. The lowest BCUT2D eigenvalue weighted by atomic mass is 10.1. The van der Waals surface area contributed by atoms with Crippen molar-refractivity contribution in [3.63, 3.8) is 0 Å². The number of aliphatic hydroxyl groups is 2. The van der Waals surface area contributed by atoms with E-state index in [1.54, 1.807) is 0 Å². The Hall–Kier alpha value is -1.23. The van der Waals surface area contributed by atoms with Gasteiger partial charge in [0.25, 0.3) is 0 Å². The van der Waals surface area contributed by atoms with E-state index in [0.717, 1.165) is 19.9 Å². The number of rotatable bonds is 7. The van der Waals surface area contributed by atoms with Crippen LogP contribution in [0.25, 0.3) is 0 Å². The van der Waals surface area contributed by atoms with E-state index in [-0.39, 0.29) is 11.5 Å². The first kappa shape index (κ1) is 16.8. The fourth-order valence-corrected chi connectivity index (χ4v) is 2.81. The Morgan fingerprint density at radius 3 is 2.33 bits per heavy atom. The molecule has 7 nitrogen and oxygen atoms in total. The summed E-state index contributed by atoms with van der Waals surface area (Å²) in [6.45, 7) is 1.57. The topological polar surface area (TPSA) is 127 Å². The number of aliphatic imine (C=N–C) groups is 1. The zero-order valence-corrected chi connectivity index (χ0v) is 10.9. The smallest absolute Gasteiger partial charge is 0.236 e. The summed E-state index contributed by atoms with van der Waals surface area (Å²) >= 11 is 0. The minimum Gasteiger partial charge on any atom is -0.630 e. The predicted octanol–water partition coefficient (Wildman–Crippen LogP) is -1.85. The van der Waals surface area contributed by atoms with Gasteiger partial charge in [-0.15, -0.1) is 0 Å². The number of nitrogens with zero attached hydrogens (tertiary/aromatic N) is 1. The molecule has 3 unspecified atom stereocenters. The van der Waals surface area contributed by atoms with Crippen molar-refractivity contribution in [2.45, 2.75) is 26.0 Å². The first-order valence-corrected chi connectivity index (χ1v) is 6.48. The molecule has 0 aliphatic heterocycles. The molecule has 2 N–H and O–H groups in total. The molecule has 0 aromatic carbocycles. The minimum atomic E-state index is -2.40. The summed E-state index contributed by atoms with van der Waals surface area (Å²) < 4.78 is 0. The van der Waals surface area contributed by atoms with Crippen LogP contribution in [0.15, 0.2) is 4.99 Å². The quantitative estimate of drug-likeness (QED) is 0.319. The Labute approximate surface area is 105 Å². The van der Waals surface area contributed by atoms with Gasteiger partial charge in [0.1, 0.15) is 12.3 Å². The van der Waals surface area contributed by atoms with Crippen LogP contribution >= 0.6 is 7.77 Å². The van der Waals surface area contributed by atoms with E-state index in [0.29, 0.717) is 0 Å². The van der Waals surface area contributed by atoms with Gasteiger partial charge in [-0.05, 0) is 6.92 Å². The van der Waals surface area contributed by atoms with Crippen LogP contribution in [0.2, 0.25) is 0 Å². The van der Waals surface area contributed by atoms with E-state index >= 15 is 0 Å². The molecule has 0 aliphatic rings. The highest BCUT2D eigenvalue weighted by Crippen LogP contribution is 2.20. The van der Waals surface area contributed by atoms with Crippen molar-refractivity contribution in [3.8, 4) is 0 Å².